The summed E-state index contributed by atoms with van der Waals surface area (Å²) in [6.45, 7) is 4.39. The first-order valence-corrected chi connectivity index (χ1v) is 8.31. The molecular weight excluding hydrogens is 307 g/mol. The highest BCUT2D eigenvalue weighted by Gasteiger charge is 2.28. The number of aryl methyl sites for hydroxylation is 2. The second kappa shape index (κ2) is 7.04. The minimum absolute atomic E-state index is 0.109. The molecule has 0 bridgehead atoms. The third-order valence-electron chi connectivity index (χ3n) is 4.25. The fourth-order valence-corrected chi connectivity index (χ4v) is 3.03. The molecule has 0 spiro atoms. The predicted octanol–water partition coefficient (Wildman–Crippen LogP) is 4.11. The molecule has 0 fully saturated rings. The zero-order valence-electron chi connectivity index (χ0n) is 14.0. The SMILES string of the molecule is CCOc1ccc(CCc2ccc3c(c2F)C(=O)OC(C)C3)cc1. The van der Waals surface area contributed by atoms with Gasteiger partial charge in [-0.3, -0.25) is 0 Å². The summed E-state index contributed by atoms with van der Waals surface area (Å²) in [7, 11) is 0. The van der Waals surface area contributed by atoms with E-state index in [-0.39, 0.29) is 11.7 Å². The van der Waals surface area contributed by atoms with E-state index in [4.69, 9.17) is 9.47 Å². The van der Waals surface area contributed by atoms with Crippen LogP contribution in [0.4, 0.5) is 4.39 Å². The maximum atomic E-state index is 14.7. The molecule has 1 heterocycles. The lowest BCUT2D eigenvalue weighted by molar-refractivity contribution is 0.0294. The number of rotatable bonds is 5. The Morgan fingerprint density at radius 1 is 1.17 bits per heavy atom. The van der Waals surface area contributed by atoms with Crippen molar-refractivity contribution in [3.8, 4) is 5.75 Å². The van der Waals surface area contributed by atoms with Crippen molar-refractivity contribution in [2.75, 3.05) is 6.61 Å². The average Bonchev–Trinajstić information content (AvgIpc) is 2.55. The Bertz CT molecular complexity index is 737. The summed E-state index contributed by atoms with van der Waals surface area (Å²) in [6, 6.07) is 11.4. The number of hydrogen-bond donors (Lipinski definition) is 0. The van der Waals surface area contributed by atoms with Crippen LogP contribution in [0.15, 0.2) is 36.4 Å². The van der Waals surface area contributed by atoms with E-state index in [2.05, 4.69) is 0 Å². The number of fused-ring (bicyclic) bond motifs is 1. The van der Waals surface area contributed by atoms with E-state index in [9.17, 15) is 9.18 Å². The molecular formula is C20H21FO3. The van der Waals surface area contributed by atoms with Crippen LogP contribution >= 0.6 is 0 Å². The van der Waals surface area contributed by atoms with Crippen LogP contribution in [-0.4, -0.2) is 18.7 Å². The number of benzene rings is 2. The van der Waals surface area contributed by atoms with Gasteiger partial charge in [-0.1, -0.05) is 24.3 Å². The van der Waals surface area contributed by atoms with Crippen molar-refractivity contribution in [1.82, 2.24) is 0 Å². The zero-order chi connectivity index (χ0) is 17.1. The molecule has 4 heteroatoms. The summed E-state index contributed by atoms with van der Waals surface area (Å²) >= 11 is 0. The highest BCUT2D eigenvalue weighted by atomic mass is 19.1. The molecule has 2 aromatic carbocycles. The summed E-state index contributed by atoms with van der Waals surface area (Å²) in [5.41, 5.74) is 2.50. The quantitative estimate of drug-likeness (QED) is 0.775. The van der Waals surface area contributed by atoms with Gasteiger partial charge in [0, 0.05) is 6.42 Å². The number of carbonyl (C=O) groups is 1. The van der Waals surface area contributed by atoms with Crippen LogP contribution in [0.3, 0.4) is 0 Å². The first-order valence-electron chi connectivity index (χ1n) is 8.31. The molecule has 0 aliphatic carbocycles. The molecule has 1 aliphatic heterocycles. The summed E-state index contributed by atoms with van der Waals surface area (Å²) in [5.74, 6) is -0.155. The van der Waals surface area contributed by atoms with Gasteiger partial charge in [0.05, 0.1) is 12.2 Å². The highest BCUT2D eigenvalue weighted by Crippen LogP contribution is 2.26. The normalized spacial score (nSPS) is 16.5. The van der Waals surface area contributed by atoms with Crippen molar-refractivity contribution in [1.29, 1.82) is 0 Å². The van der Waals surface area contributed by atoms with Gasteiger partial charge in [-0.2, -0.15) is 0 Å². The van der Waals surface area contributed by atoms with Gasteiger partial charge in [-0.15, -0.1) is 0 Å². The second-order valence-corrected chi connectivity index (χ2v) is 6.07. The number of carbonyl (C=O) groups excluding carboxylic acids is 1. The van der Waals surface area contributed by atoms with Gasteiger partial charge >= 0.3 is 5.97 Å². The first kappa shape index (κ1) is 16.5. The lowest BCUT2D eigenvalue weighted by atomic mass is 9.94. The van der Waals surface area contributed by atoms with Crippen molar-refractivity contribution in [2.45, 2.75) is 39.2 Å². The fourth-order valence-electron chi connectivity index (χ4n) is 3.03. The topological polar surface area (TPSA) is 35.5 Å². The Kier molecular flexibility index (Phi) is 4.84. The lowest BCUT2D eigenvalue weighted by Gasteiger charge is -2.22. The van der Waals surface area contributed by atoms with Crippen LogP contribution in [0.5, 0.6) is 5.75 Å². The van der Waals surface area contributed by atoms with E-state index < -0.39 is 11.8 Å². The first-order chi connectivity index (χ1) is 11.6. The molecule has 0 saturated carbocycles. The van der Waals surface area contributed by atoms with Crippen LogP contribution in [-0.2, 0) is 24.0 Å². The second-order valence-electron chi connectivity index (χ2n) is 6.07. The van der Waals surface area contributed by atoms with Crippen LogP contribution in [0.1, 0.15) is 40.9 Å². The molecule has 0 saturated heterocycles. The molecule has 2 aromatic rings. The van der Waals surface area contributed by atoms with Gasteiger partial charge in [0.15, 0.2) is 0 Å². The largest absolute Gasteiger partial charge is 0.494 e. The van der Waals surface area contributed by atoms with Crippen molar-refractivity contribution >= 4 is 5.97 Å². The van der Waals surface area contributed by atoms with Crippen LogP contribution < -0.4 is 4.74 Å². The average molecular weight is 328 g/mol. The fraction of sp³-hybridized carbons (Fsp3) is 0.350. The summed E-state index contributed by atoms with van der Waals surface area (Å²) in [5, 5.41) is 0. The van der Waals surface area contributed by atoms with Crippen molar-refractivity contribution in [3.63, 3.8) is 0 Å². The van der Waals surface area contributed by atoms with Crippen molar-refractivity contribution < 1.29 is 18.7 Å². The lowest BCUT2D eigenvalue weighted by Crippen LogP contribution is -2.26. The van der Waals surface area contributed by atoms with Gasteiger partial charge in [-0.25, -0.2) is 9.18 Å². The molecule has 1 aliphatic rings. The minimum atomic E-state index is -0.552. The smallest absolute Gasteiger partial charge is 0.341 e. The number of halogens is 1. The number of cyclic esters (lactones) is 1. The number of esters is 1. The van der Waals surface area contributed by atoms with Gasteiger partial charge in [0.2, 0.25) is 0 Å². The molecule has 24 heavy (non-hydrogen) atoms. The Morgan fingerprint density at radius 2 is 1.92 bits per heavy atom. The Morgan fingerprint density at radius 3 is 2.62 bits per heavy atom. The minimum Gasteiger partial charge on any atom is -0.494 e. The maximum Gasteiger partial charge on any atom is 0.341 e. The molecule has 1 atom stereocenters. The molecule has 3 rings (SSSR count). The van der Waals surface area contributed by atoms with Crippen LogP contribution in [0, 0.1) is 5.82 Å². The Balaban J connectivity index is 1.74. The Labute approximate surface area is 141 Å². The van der Waals surface area contributed by atoms with E-state index in [0.717, 1.165) is 16.9 Å². The Hall–Kier alpha value is -2.36. The number of hydrogen-bond acceptors (Lipinski definition) is 3. The molecule has 3 nitrogen and oxygen atoms in total. The van der Waals surface area contributed by atoms with Crippen LogP contribution in [0.25, 0.3) is 0 Å². The standard InChI is InChI=1S/C20H21FO3/c1-3-23-17-10-5-14(6-11-17)4-7-15-8-9-16-12-13(2)24-20(22)18(16)19(15)21/h5-6,8-11,13H,3-4,7,12H2,1-2H3. The molecule has 1 unspecified atom stereocenters. The van der Waals surface area contributed by atoms with Crippen molar-refractivity contribution in [2.24, 2.45) is 0 Å². The molecule has 0 N–H and O–H groups in total. The maximum absolute atomic E-state index is 14.7. The molecule has 126 valence electrons. The van der Waals surface area contributed by atoms with Crippen LogP contribution in [0.2, 0.25) is 0 Å². The summed E-state index contributed by atoms with van der Waals surface area (Å²) in [6.07, 6.45) is 1.61. The highest BCUT2D eigenvalue weighted by molar-refractivity contribution is 5.92. The van der Waals surface area contributed by atoms with E-state index in [1.54, 1.807) is 6.07 Å². The predicted molar refractivity (Wildman–Crippen MR) is 90.0 cm³/mol. The van der Waals surface area contributed by atoms with Gasteiger partial charge < -0.3 is 9.47 Å². The third-order valence-corrected chi connectivity index (χ3v) is 4.25. The van der Waals surface area contributed by atoms with E-state index in [1.165, 1.54) is 0 Å². The third kappa shape index (κ3) is 3.42. The summed E-state index contributed by atoms with van der Waals surface area (Å²) < 4.78 is 25.2. The zero-order valence-corrected chi connectivity index (χ0v) is 14.0. The van der Waals surface area contributed by atoms with Crippen molar-refractivity contribution in [3.05, 3.63) is 64.5 Å². The summed E-state index contributed by atoms with van der Waals surface area (Å²) in [4.78, 5) is 12.0. The monoisotopic (exact) mass is 328 g/mol. The van der Waals surface area contributed by atoms with Gasteiger partial charge in [0.25, 0.3) is 0 Å². The van der Waals surface area contributed by atoms with E-state index in [0.29, 0.717) is 31.4 Å². The molecule has 0 aromatic heterocycles. The molecule has 0 amide bonds. The van der Waals surface area contributed by atoms with E-state index >= 15 is 0 Å². The van der Waals surface area contributed by atoms with Gasteiger partial charge in [0.1, 0.15) is 17.7 Å². The number of ether oxygens (including phenoxy) is 2. The molecule has 0 radical (unpaired) electrons. The van der Waals surface area contributed by atoms with Gasteiger partial charge in [-0.05, 0) is 55.5 Å². The van der Waals surface area contributed by atoms with E-state index in [1.807, 2.05) is 44.2 Å².